The fourth-order valence-electron chi connectivity index (χ4n) is 3.62. The van der Waals surface area contributed by atoms with E-state index < -0.39 is 6.04 Å². The predicted octanol–water partition coefficient (Wildman–Crippen LogP) is 3.91. The molecule has 154 valence electrons. The average molecular weight is 396 g/mol. The first-order valence-electron chi connectivity index (χ1n) is 9.94. The summed E-state index contributed by atoms with van der Waals surface area (Å²) in [6, 6.07) is 10.9. The smallest absolute Gasteiger partial charge is 0.254 e. The van der Waals surface area contributed by atoms with Crippen molar-refractivity contribution in [2.75, 3.05) is 18.6 Å². The molecule has 1 aliphatic heterocycles. The van der Waals surface area contributed by atoms with Crippen molar-refractivity contribution >= 4 is 17.5 Å². The third-order valence-corrected chi connectivity index (χ3v) is 5.03. The van der Waals surface area contributed by atoms with E-state index in [0.29, 0.717) is 24.7 Å². The summed E-state index contributed by atoms with van der Waals surface area (Å²) in [5.41, 5.74) is 3.61. The summed E-state index contributed by atoms with van der Waals surface area (Å²) in [5.74, 6) is 0.985. The van der Waals surface area contributed by atoms with Crippen LogP contribution in [0.2, 0.25) is 0 Å². The molecule has 0 saturated heterocycles. The number of hydrogen-bond donors (Lipinski definition) is 1. The number of para-hydroxylation sites is 1. The zero-order valence-electron chi connectivity index (χ0n) is 17.5. The predicted molar refractivity (Wildman–Crippen MR) is 112 cm³/mol. The third-order valence-electron chi connectivity index (χ3n) is 5.03. The van der Waals surface area contributed by atoms with Crippen LogP contribution in [0.1, 0.15) is 49.4 Å². The number of fused-ring (bicyclic) bond motifs is 1. The number of hydrogen-bond acceptors (Lipinski definition) is 4. The van der Waals surface area contributed by atoms with E-state index in [4.69, 9.17) is 9.47 Å². The highest BCUT2D eigenvalue weighted by molar-refractivity contribution is 6.06. The van der Waals surface area contributed by atoms with Gasteiger partial charge in [-0.2, -0.15) is 0 Å². The summed E-state index contributed by atoms with van der Waals surface area (Å²) in [6.45, 7) is 6.54. The highest BCUT2D eigenvalue weighted by atomic mass is 16.5. The quantitative estimate of drug-likeness (QED) is 0.687. The molecule has 1 N–H and O–H groups in total. The maximum absolute atomic E-state index is 13.1. The Morgan fingerprint density at radius 1 is 1.21 bits per heavy atom. The van der Waals surface area contributed by atoms with Crippen molar-refractivity contribution in [2.45, 2.75) is 46.2 Å². The Labute approximate surface area is 171 Å². The highest BCUT2D eigenvalue weighted by Gasteiger charge is 2.38. The molecule has 6 heteroatoms. The molecule has 1 unspecified atom stereocenters. The molecular weight excluding hydrogens is 368 g/mol. The molecule has 0 fully saturated rings. The lowest BCUT2D eigenvalue weighted by Gasteiger charge is -2.20. The van der Waals surface area contributed by atoms with Crippen molar-refractivity contribution in [3.05, 3.63) is 53.1 Å². The molecule has 1 heterocycles. The van der Waals surface area contributed by atoms with Crippen LogP contribution < -0.4 is 19.7 Å². The Kier molecular flexibility index (Phi) is 6.42. The lowest BCUT2D eigenvalue weighted by molar-refractivity contribution is -0.126. The Balaban J connectivity index is 1.88. The fourth-order valence-corrected chi connectivity index (χ4v) is 3.62. The van der Waals surface area contributed by atoms with E-state index in [9.17, 15) is 9.59 Å². The van der Waals surface area contributed by atoms with Crippen molar-refractivity contribution in [2.24, 2.45) is 0 Å². The first kappa shape index (κ1) is 20.7. The van der Waals surface area contributed by atoms with Crippen LogP contribution in [0.3, 0.4) is 0 Å². The molecule has 0 aliphatic carbocycles. The maximum Gasteiger partial charge on any atom is 0.254 e. The normalized spacial score (nSPS) is 15.2. The second-order valence-electron chi connectivity index (χ2n) is 7.26. The zero-order valence-corrected chi connectivity index (χ0v) is 17.5. The number of ether oxygens (including phenoxy) is 2. The molecule has 2 aromatic carbocycles. The van der Waals surface area contributed by atoms with Gasteiger partial charge in [0.05, 0.1) is 25.9 Å². The number of anilines is 1. The van der Waals surface area contributed by atoms with E-state index in [0.717, 1.165) is 35.2 Å². The van der Waals surface area contributed by atoms with Gasteiger partial charge >= 0.3 is 0 Å². The molecule has 2 amide bonds. The first-order valence-corrected chi connectivity index (χ1v) is 9.94. The minimum Gasteiger partial charge on any atom is -0.493 e. The van der Waals surface area contributed by atoms with Crippen molar-refractivity contribution in [1.82, 2.24) is 5.32 Å². The summed E-state index contributed by atoms with van der Waals surface area (Å²) in [5, 5.41) is 2.78. The minimum absolute atomic E-state index is 0.133. The van der Waals surface area contributed by atoms with Crippen LogP contribution in [-0.2, 0) is 16.1 Å². The third kappa shape index (κ3) is 4.36. The lowest BCUT2D eigenvalue weighted by atomic mass is 10.0. The number of nitrogens with one attached hydrogen (secondary N) is 1. The van der Waals surface area contributed by atoms with Crippen molar-refractivity contribution in [3.8, 4) is 11.5 Å². The van der Waals surface area contributed by atoms with E-state index in [1.165, 1.54) is 6.92 Å². The molecule has 29 heavy (non-hydrogen) atoms. The van der Waals surface area contributed by atoms with Gasteiger partial charge < -0.3 is 19.7 Å². The number of methoxy groups -OCH3 is 1. The van der Waals surface area contributed by atoms with Crippen molar-refractivity contribution in [3.63, 3.8) is 0 Å². The van der Waals surface area contributed by atoms with Gasteiger partial charge in [0.15, 0.2) is 11.5 Å². The van der Waals surface area contributed by atoms with Gasteiger partial charge in [0, 0.05) is 12.5 Å². The number of carbonyl (C=O) groups is 2. The molecule has 1 atom stereocenters. The molecule has 6 nitrogen and oxygen atoms in total. The number of aryl methyl sites for hydroxylation is 1. The molecule has 0 saturated carbocycles. The first-order chi connectivity index (χ1) is 14.0. The zero-order chi connectivity index (χ0) is 21.0. The average Bonchev–Trinajstić information content (AvgIpc) is 2.95. The van der Waals surface area contributed by atoms with Gasteiger partial charge in [-0.25, -0.2) is 0 Å². The standard InChI is InChI=1S/C23H28N2O4/c1-5-6-12-29-19-11-10-17(13-20(19)28-4)14-25-22-15(2)8-7-9-18(22)21(23(25)27)24-16(3)26/h7-11,13,21H,5-6,12,14H2,1-4H3,(H,24,26). The van der Waals surface area contributed by atoms with E-state index in [1.807, 2.05) is 43.3 Å². The number of rotatable bonds is 8. The van der Waals surface area contributed by atoms with E-state index in [2.05, 4.69) is 12.2 Å². The molecule has 0 radical (unpaired) electrons. The van der Waals surface area contributed by atoms with Crippen LogP contribution in [0.5, 0.6) is 11.5 Å². The Morgan fingerprint density at radius 2 is 2.00 bits per heavy atom. The molecule has 0 spiro atoms. The summed E-state index contributed by atoms with van der Waals surface area (Å²) in [7, 11) is 1.61. The number of unbranched alkanes of at least 4 members (excludes halogenated alkanes) is 1. The maximum atomic E-state index is 13.1. The van der Waals surface area contributed by atoms with Gasteiger partial charge in [0.2, 0.25) is 5.91 Å². The van der Waals surface area contributed by atoms with E-state index in [1.54, 1.807) is 12.0 Å². The van der Waals surface area contributed by atoms with Crippen LogP contribution in [0.15, 0.2) is 36.4 Å². The molecular formula is C23H28N2O4. The summed E-state index contributed by atoms with van der Waals surface area (Å²) in [4.78, 5) is 26.5. The SMILES string of the molecule is CCCCOc1ccc(CN2C(=O)C(NC(C)=O)c3cccc(C)c32)cc1OC. The second-order valence-corrected chi connectivity index (χ2v) is 7.26. The van der Waals surface area contributed by atoms with Gasteiger partial charge in [0.1, 0.15) is 6.04 Å². The van der Waals surface area contributed by atoms with Gasteiger partial charge in [-0.05, 0) is 36.6 Å². The molecule has 3 rings (SSSR count). The molecule has 1 aliphatic rings. The number of benzene rings is 2. The van der Waals surface area contributed by atoms with Crippen LogP contribution in [-0.4, -0.2) is 25.5 Å². The summed E-state index contributed by atoms with van der Waals surface area (Å²) >= 11 is 0. The van der Waals surface area contributed by atoms with Gasteiger partial charge in [0.25, 0.3) is 5.91 Å². The Bertz CT molecular complexity index is 910. The van der Waals surface area contributed by atoms with Crippen LogP contribution in [0, 0.1) is 6.92 Å². The molecule has 0 bridgehead atoms. The van der Waals surface area contributed by atoms with Crippen LogP contribution >= 0.6 is 0 Å². The van der Waals surface area contributed by atoms with Gasteiger partial charge in [-0.1, -0.05) is 37.6 Å². The summed E-state index contributed by atoms with van der Waals surface area (Å²) < 4.78 is 11.3. The van der Waals surface area contributed by atoms with Crippen molar-refractivity contribution < 1.29 is 19.1 Å². The molecule has 2 aromatic rings. The number of nitrogens with zero attached hydrogens (tertiary/aromatic N) is 1. The topological polar surface area (TPSA) is 67.9 Å². The largest absolute Gasteiger partial charge is 0.493 e. The monoisotopic (exact) mass is 396 g/mol. The lowest BCUT2D eigenvalue weighted by Crippen LogP contribution is -2.36. The Hall–Kier alpha value is -3.02. The highest BCUT2D eigenvalue weighted by Crippen LogP contribution is 2.40. The van der Waals surface area contributed by atoms with E-state index in [-0.39, 0.29) is 11.8 Å². The van der Waals surface area contributed by atoms with Crippen LogP contribution in [0.4, 0.5) is 5.69 Å². The number of carbonyl (C=O) groups excluding carboxylic acids is 2. The van der Waals surface area contributed by atoms with Gasteiger partial charge in [-0.3, -0.25) is 9.59 Å². The van der Waals surface area contributed by atoms with Crippen molar-refractivity contribution in [1.29, 1.82) is 0 Å². The van der Waals surface area contributed by atoms with Gasteiger partial charge in [-0.15, -0.1) is 0 Å². The number of amides is 2. The minimum atomic E-state index is -0.652. The van der Waals surface area contributed by atoms with E-state index >= 15 is 0 Å². The molecule has 0 aromatic heterocycles. The Morgan fingerprint density at radius 3 is 2.69 bits per heavy atom. The fraction of sp³-hybridized carbons (Fsp3) is 0.391. The summed E-state index contributed by atoms with van der Waals surface area (Å²) in [6.07, 6.45) is 2.04. The second kappa shape index (κ2) is 8.99. The van der Waals surface area contributed by atoms with Crippen LogP contribution in [0.25, 0.3) is 0 Å².